The number of rotatable bonds is 5. The van der Waals surface area contributed by atoms with Gasteiger partial charge in [-0.15, -0.1) is 0 Å². The summed E-state index contributed by atoms with van der Waals surface area (Å²) in [4.78, 5) is 28.2. The minimum atomic E-state index is -0.480. The third kappa shape index (κ3) is 2.70. The average molecular weight is 310 g/mol. The van der Waals surface area contributed by atoms with E-state index in [0.717, 1.165) is 24.0 Å². The molecule has 0 unspecified atom stereocenters. The zero-order valence-electron chi connectivity index (χ0n) is 13.2. The predicted molar refractivity (Wildman–Crippen MR) is 87.7 cm³/mol. The summed E-state index contributed by atoms with van der Waals surface area (Å²) in [6.45, 7) is 2.01. The van der Waals surface area contributed by atoms with Crippen molar-refractivity contribution in [3.05, 3.63) is 52.7 Å². The van der Waals surface area contributed by atoms with Gasteiger partial charge in [0.2, 0.25) is 0 Å². The fourth-order valence-corrected chi connectivity index (χ4v) is 2.97. The van der Waals surface area contributed by atoms with Crippen LogP contribution in [-0.2, 0) is 24.6 Å². The van der Waals surface area contributed by atoms with Crippen LogP contribution >= 0.6 is 0 Å². The Morgan fingerprint density at radius 2 is 2.09 bits per heavy atom. The van der Waals surface area contributed by atoms with Crippen molar-refractivity contribution >= 4 is 23.8 Å². The number of fused-ring (bicyclic) bond motifs is 1. The molecule has 0 radical (unpaired) electrons. The molecular formula is C18H18N2O3. The maximum Gasteiger partial charge on any atom is 0.355 e. The summed E-state index contributed by atoms with van der Waals surface area (Å²) in [5.41, 5.74) is 3.67. The number of ether oxygens (including phenoxy) is 1. The highest BCUT2D eigenvalue weighted by atomic mass is 16.5. The molecule has 0 atom stereocenters. The second kappa shape index (κ2) is 6.20. The second-order valence-electron chi connectivity index (χ2n) is 5.48. The van der Waals surface area contributed by atoms with Crippen molar-refractivity contribution < 1.29 is 14.3 Å². The minimum absolute atomic E-state index is 0.273. The quantitative estimate of drug-likeness (QED) is 0.630. The summed E-state index contributed by atoms with van der Waals surface area (Å²) in [5.74, 6) is 0.201. The van der Waals surface area contributed by atoms with Crippen LogP contribution in [0.3, 0.4) is 0 Å². The first kappa shape index (κ1) is 15.2. The number of hydrogen-bond acceptors (Lipinski definition) is 4. The molecule has 0 fully saturated rings. The standard InChI is InChI=1S/C18H18N2O3/c1-3-23-18(22)16-15(11-21)14-10-13(19-17(14)20(16)2)9-12-7-5-4-6-8-12/h4-8,11H,3,9-10H2,1-2H3. The highest BCUT2D eigenvalue weighted by Gasteiger charge is 2.30. The highest BCUT2D eigenvalue weighted by molar-refractivity contribution is 6.04. The van der Waals surface area contributed by atoms with Gasteiger partial charge in [-0.3, -0.25) is 4.79 Å². The Balaban J connectivity index is 1.94. The molecule has 0 N–H and O–H groups in total. The fraction of sp³-hybridized carbons (Fsp3) is 0.278. The Kier molecular flexibility index (Phi) is 4.10. The van der Waals surface area contributed by atoms with Crippen LogP contribution in [0.1, 0.15) is 38.9 Å². The van der Waals surface area contributed by atoms with E-state index in [-0.39, 0.29) is 12.3 Å². The van der Waals surface area contributed by atoms with Gasteiger partial charge in [0.1, 0.15) is 11.5 Å². The van der Waals surface area contributed by atoms with Crippen LogP contribution in [-0.4, -0.2) is 29.1 Å². The fourth-order valence-electron chi connectivity index (χ4n) is 2.97. The molecule has 0 aliphatic carbocycles. The zero-order chi connectivity index (χ0) is 16.4. The molecule has 3 rings (SSSR count). The van der Waals surface area contributed by atoms with E-state index in [9.17, 15) is 9.59 Å². The van der Waals surface area contributed by atoms with Gasteiger partial charge in [-0.2, -0.15) is 0 Å². The number of benzene rings is 1. The smallest absolute Gasteiger partial charge is 0.355 e. The molecule has 2 heterocycles. The molecule has 5 nitrogen and oxygen atoms in total. The molecule has 0 spiro atoms. The van der Waals surface area contributed by atoms with E-state index in [1.54, 1.807) is 18.5 Å². The van der Waals surface area contributed by atoms with Gasteiger partial charge in [0, 0.05) is 31.2 Å². The predicted octanol–water partition coefficient (Wildman–Crippen LogP) is 2.89. The number of nitrogens with zero attached hydrogens (tertiary/aromatic N) is 2. The average Bonchev–Trinajstić information content (AvgIpc) is 3.06. The minimum Gasteiger partial charge on any atom is -0.461 e. The van der Waals surface area contributed by atoms with Crippen LogP contribution < -0.4 is 0 Å². The topological polar surface area (TPSA) is 60.7 Å². The van der Waals surface area contributed by atoms with Gasteiger partial charge in [-0.25, -0.2) is 9.79 Å². The van der Waals surface area contributed by atoms with Crippen molar-refractivity contribution in [2.45, 2.75) is 19.8 Å². The monoisotopic (exact) mass is 310 g/mol. The normalized spacial score (nSPS) is 12.7. The van der Waals surface area contributed by atoms with E-state index in [1.807, 2.05) is 18.2 Å². The van der Waals surface area contributed by atoms with Gasteiger partial charge in [0.05, 0.1) is 12.2 Å². The van der Waals surface area contributed by atoms with Crippen molar-refractivity contribution in [1.82, 2.24) is 4.57 Å². The van der Waals surface area contributed by atoms with Crippen LogP contribution in [0.2, 0.25) is 0 Å². The van der Waals surface area contributed by atoms with Gasteiger partial charge in [0.15, 0.2) is 6.29 Å². The Morgan fingerprint density at radius 3 is 2.74 bits per heavy atom. The Bertz CT molecular complexity index is 788. The molecule has 118 valence electrons. The van der Waals surface area contributed by atoms with E-state index < -0.39 is 5.97 Å². The molecule has 1 aliphatic rings. The first-order valence-electron chi connectivity index (χ1n) is 7.59. The maximum atomic E-state index is 12.1. The van der Waals surface area contributed by atoms with Crippen LogP contribution in [0.5, 0.6) is 0 Å². The van der Waals surface area contributed by atoms with Crippen molar-refractivity contribution in [3.63, 3.8) is 0 Å². The summed E-state index contributed by atoms with van der Waals surface area (Å²) in [6.07, 6.45) is 2.06. The Morgan fingerprint density at radius 1 is 1.35 bits per heavy atom. The Hall–Kier alpha value is -2.69. The first-order valence-corrected chi connectivity index (χ1v) is 7.59. The van der Waals surface area contributed by atoms with Crippen LogP contribution in [0.25, 0.3) is 0 Å². The summed E-state index contributed by atoms with van der Waals surface area (Å²) in [5, 5.41) is 0. The van der Waals surface area contributed by atoms with E-state index in [1.165, 1.54) is 5.56 Å². The molecule has 1 aliphatic heterocycles. The third-order valence-electron chi connectivity index (χ3n) is 3.99. The van der Waals surface area contributed by atoms with Crippen molar-refractivity contribution in [1.29, 1.82) is 0 Å². The molecule has 23 heavy (non-hydrogen) atoms. The molecule has 0 saturated carbocycles. The van der Waals surface area contributed by atoms with Crippen LogP contribution in [0.15, 0.2) is 35.3 Å². The SMILES string of the molecule is CCOC(=O)c1c(C=O)c2c(n1C)N=C(Cc1ccccc1)C2. The summed E-state index contributed by atoms with van der Waals surface area (Å²) in [7, 11) is 1.74. The summed E-state index contributed by atoms with van der Waals surface area (Å²) in [6, 6.07) is 10.1. The number of aromatic nitrogens is 1. The molecule has 0 bridgehead atoms. The summed E-state index contributed by atoms with van der Waals surface area (Å²) < 4.78 is 6.71. The molecule has 0 amide bonds. The number of aldehydes is 1. The van der Waals surface area contributed by atoms with Crippen molar-refractivity contribution in [2.24, 2.45) is 12.0 Å². The first-order chi connectivity index (χ1) is 11.2. The molecule has 2 aromatic rings. The lowest BCUT2D eigenvalue weighted by molar-refractivity contribution is 0.0513. The van der Waals surface area contributed by atoms with E-state index >= 15 is 0 Å². The van der Waals surface area contributed by atoms with E-state index in [2.05, 4.69) is 17.1 Å². The van der Waals surface area contributed by atoms with E-state index in [4.69, 9.17) is 4.74 Å². The van der Waals surface area contributed by atoms with Gasteiger partial charge in [-0.1, -0.05) is 30.3 Å². The number of esters is 1. The summed E-state index contributed by atoms with van der Waals surface area (Å²) >= 11 is 0. The van der Waals surface area contributed by atoms with Gasteiger partial charge in [0.25, 0.3) is 0 Å². The lowest BCUT2D eigenvalue weighted by Gasteiger charge is -2.06. The second-order valence-corrected chi connectivity index (χ2v) is 5.48. The van der Waals surface area contributed by atoms with Gasteiger partial charge in [-0.05, 0) is 12.5 Å². The third-order valence-corrected chi connectivity index (χ3v) is 3.99. The maximum absolute atomic E-state index is 12.1. The molecule has 5 heteroatoms. The lowest BCUT2D eigenvalue weighted by atomic mass is 10.0. The van der Waals surface area contributed by atoms with Crippen LogP contribution in [0.4, 0.5) is 5.82 Å². The number of carbonyl (C=O) groups excluding carboxylic acids is 2. The number of carbonyl (C=O) groups is 2. The van der Waals surface area contributed by atoms with E-state index in [0.29, 0.717) is 17.8 Å². The Labute approximate surface area is 134 Å². The molecule has 1 aromatic carbocycles. The lowest BCUT2D eigenvalue weighted by Crippen LogP contribution is -2.13. The molecule has 0 saturated heterocycles. The number of hydrogen-bond donors (Lipinski definition) is 0. The number of aliphatic imine (C=N–C) groups is 1. The highest BCUT2D eigenvalue weighted by Crippen LogP contribution is 2.34. The van der Waals surface area contributed by atoms with Crippen LogP contribution in [0, 0.1) is 0 Å². The zero-order valence-corrected chi connectivity index (χ0v) is 13.2. The van der Waals surface area contributed by atoms with Crippen molar-refractivity contribution in [3.8, 4) is 0 Å². The molecule has 1 aromatic heterocycles. The van der Waals surface area contributed by atoms with Gasteiger partial charge < -0.3 is 9.30 Å². The van der Waals surface area contributed by atoms with Gasteiger partial charge >= 0.3 is 5.97 Å². The molecular weight excluding hydrogens is 292 g/mol. The van der Waals surface area contributed by atoms with Crippen molar-refractivity contribution in [2.75, 3.05) is 6.61 Å². The largest absolute Gasteiger partial charge is 0.461 e.